The van der Waals surface area contributed by atoms with Crippen LogP contribution in [-0.2, 0) is 6.61 Å². The summed E-state index contributed by atoms with van der Waals surface area (Å²) in [6.07, 6.45) is 1.50. The summed E-state index contributed by atoms with van der Waals surface area (Å²) in [4.78, 5) is 12.5. The maximum absolute atomic E-state index is 12.5. The molecule has 0 bridgehead atoms. The summed E-state index contributed by atoms with van der Waals surface area (Å²) < 4.78 is 16.5. The van der Waals surface area contributed by atoms with Gasteiger partial charge in [-0.05, 0) is 52.7 Å². The highest BCUT2D eigenvalue weighted by Gasteiger charge is 2.11. The molecule has 0 saturated carbocycles. The van der Waals surface area contributed by atoms with E-state index in [4.69, 9.17) is 25.8 Å². The van der Waals surface area contributed by atoms with Crippen LogP contribution >= 0.6 is 11.6 Å². The highest BCUT2D eigenvalue weighted by atomic mass is 35.5. The van der Waals surface area contributed by atoms with Crippen LogP contribution in [0.2, 0.25) is 5.02 Å². The van der Waals surface area contributed by atoms with Gasteiger partial charge in [0.25, 0.3) is 5.91 Å². The maximum Gasteiger partial charge on any atom is 0.271 e. The SMILES string of the molecule is COc1ccc(C(=O)N/N=C/c2cc(Cl)ccc2OCc2cccc3ccccc23)cc1OC. The molecule has 0 aliphatic heterocycles. The zero-order valence-electron chi connectivity index (χ0n) is 18.7. The van der Waals surface area contributed by atoms with Crippen LogP contribution < -0.4 is 19.6 Å². The lowest BCUT2D eigenvalue weighted by molar-refractivity contribution is 0.0954. The molecule has 0 atom stereocenters. The predicted octanol–water partition coefficient (Wildman–Crippen LogP) is 5.85. The summed E-state index contributed by atoms with van der Waals surface area (Å²) >= 11 is 6.18. The van der Waals surface area contributed by atoms with E-state index < -0.39 is 5.91 Å². The summed E-state index contributed by atoms with van der Waals surface area (Å²) in [5, 5.41) is 6.91. The van der Waals surface area contributed by atoms with Crippen molar-refractivity contribution in [2.45, 2.75) is 6.61 Å². The van der Waals surface area contributed by atoms with E-state index in [2.05, 4.69) is 28.7 Å². The van der Waals surface area contributed by atoms with Gasteiger partial charge < -0.3 is 14.2 Å². The van der Waals surface area contributed by atoms with Crippen molar-refractivity contribution in [1.29, 1.82) is 0 Å². The van der Waals surface area contributed by atoms with Gasteiger partial charge in [0.05, 0.1) is 20.4 Å². The number of carbonyl (C=O) groups excluding carboxylic acids is 1. The van der Waals surface area contributed by atoms with E-state index >= 15 is 0 Å². The van der Waals surface area contributed by atoms with Gasteiger partial charge >= 0.3 is 0 Å². The van der Waals surface area contributed by atoms with Crippen molar-refractivity contribution in [2.75, 3.05) is 14.2 Å². The lowest BCUT2D eigenvalue weighted by Gasteiger charge is -2.11. The van der Waals surface area contributed by atoms with E-state index in [-0.39, 0.29) is 0 Å². The first-order valence-corrected chi connectivity index (χ1v) is 10.9. The van der Waals surface area contributed by atoms with Crippen molar-refractivity contribution < 1.29 is 19.0 Å². The first-order valence-electron chi connectivity index (χ1n) is 10.5. The van der Waals surface area contributed by atoms with Crippen LogP contribution in [0.15, 0.2) is 84.0 Å². The van der Waals surface area contributed by atoms with E-state index in [0.29, 0.717) is 40.0 Å². The molecule has 0 aliphatic rings. The fourth-order valence-corrected chi connectivity index (χ4v) is 3.71. The van der Waals surface area contributed by atoms with E-state index in [1.165, 1.54) is 20.4 Å². The van der Waals surface area contributed by atoms with Gasteiger partial charge in [-0.1, -0.05) is 54.1 Å². The standard InChI is InChI=1S/C27H23ClN2O4/c1-32-25-12-10-19(15-26(25)33-2)27(31)30-29-16-21-14-22(28)11-13-24(21)34-17-20-8-5-7-18-6-3-4-9-23(18)20/h3-16H,17H2,1-2H3,(H,30,31)/b29-16+. The van der Waals surface area contributed by atoms with Crippen molar-refractivity contribution in [3.63, 3.8) is 0 Å². The van der Waals surface area contributed by atoms with Crippen LogP contribution in [0.5, 0.6) is 17.2 Å². The molecule has 1 amide bonds. The Bertz CT molecular complexity index is 1350. The second-order valence-electron chi connectivity index (χ2n) is 7.38. The van der Waals surface area contributed by atoms with Crippen molar-refractivity contribution in [3.05, 3.63) is 101 Å². The molecule has 0 radical (unpaired) electrons. The van der Waals surface area contributed by atoms with Crippen LogP contribution in [0.25, 0.3) is 10.8 Å². The smallest absolute Gasteiger partial charge is 0.271 e. The number of fused-ring (bicyclic) bond motifs is 1. The largest absolute Gasteiger partial charge is 0.493 e. The molecule has 0 aliphatic carbocycles. The van der Waals surface area contributed by atoms with E-state index in [9.17, 15) is 4.79 Å². The highest BCUT2D eigenvalue weighted by Crippen LogP contribution is 2.28. The Morgan fingerprint density at radius 3 is 2.50 bits per heavy atom. The third-order valence-electron chi connectivity index (χ3n) is 5.25. The molecule has 34 heavy (non-hydrogen) atoms. The number of hydrogen-bond acceptors (Lipinski definition) is 5. The number of amides is 1. The third kappa shape index (κ3) is 5.30. The van der Waals surface area contributed by atoms with Gasteiger partial charge in [0, 0.05) is 16.1 Å². The number of benzene rings is 4. The average molecular weight is 475 g/mol. The monoisotopic (exact) mass is 474 g/mol. The number of ether oxygens (including phenoxy) is 3. The lowest BCUT2D eigenvalue weighted by atomic mass is 10.1. The molecule has 0 aromatic heterocycles. The number of methoxy groups -OCH3 is 2. The Morgan fingerprint density at radius 2 is 1.68 bits per heavy atom. The molecule has 1 N–H and O–H groups in total. The van der Waals surface area contributed by atoms with Crippen LogP contribution in [0.4, 0.5) is 0 Å². The number of hydrazone groups is 1. The molecule has 4 aromatic rings. The fraction of sp³-hybridized carbons (Fsp3) is 0.111. The Labute approximate surface area is 202 Å². The van der Waals surface area contributed by atoms with E-state index in [1.54, 1.807) is 36.4 Å². The molecule has 0 saturated heterocycles. The van der Waals surface area contributed by atoms with E-state index in [1.807, 2.05) is 24.3 Å². The van der Waals surface area contributed by atoms with Gasteiger partial charge in [-0.2, -0.15) is 5.10 Å². The molecule has 0 heterocycles. The zero-order valence-corrected chi connectivity index (χ0v) is 19.5. The van der Waals surface area contributed by atoms with Crippen molar-refractivity contribution in [3.8, 4) is 17.2 Å². The van der Waals surface area contributed by atoms with Gasteiger partial charge in [-0.25, -0.2) is 5.43 Å². The van der Waals surface area contributed by atoms with Crippen LogP contribution in [0.1, 0.15) is 21.5 Å². The molecular formula is C27H23ClN2O4. The Morgan fingerprint density at radius 1 is 0.912 bits per heavy atom. The minimum Gasteiger partial charge on any atom is -0.493 e. The number of nitrogens with zero attached hydrogens (tertiary/aromatic N) is 1. The van der Waals surface area contributed by atoms with Crippen molar-refractivity contribution in [2.24, 2.45) is 5.10 Å². The first kappa shape index (κ1) is 23.1. The first-order chi connectivity index (χ1) is 16.6. The lowest BCUT2D eigenvalue weighted by Crippen LogP contribution is -2.17. The minimum atomic E-state index is -0.391. The second-order valence-corrected chi connectivity index (χ2v) is 7.81. The maximum atomic E-state index is 12.5. The Hall–Kier alpha value is -4.03. The summed E-state index contributed by atoms with van der Waals surface area (Å²) in [5.74, 6) is 1.20. The molecule has 0 fully saturated rings. The zero-order chi connectivity index (χ0) is 23.9. The van der Waals surface area contributed by atoms with Crippen LogP contribution in [-0.4, -0.2) is 26.3 Å². The summed E-state index contributed by atoms with van der Waals surface area (Å²) in [6, 6.07) is 24.4. The minimum absolute atomic E-state index is 0.377. The number of carbonyl (C=O) groups is 1. The van der Waals surface area contributed by atoms with Gasteiger partial charge in [-0.3, -0.25) is 4.79 Å². The second kappa shape index (κ2) is 10.7. The summed E-state index contributed by atoms with van der Waals surface area (Å²) in [5.41, 5.74) is 4.61. The summed E-state index contributed by atoms with van der Waals surface area (Å²) in [7, 11) is 3.05. The molecule has 4 aromatic carbocycles. The van der Waals surface area contributed by atoms with Crippen molar-refractivity contribution >= 4 is 34.5 Å². The van der Waals surface area contributed by atoms with Gasteiger partial charge in [0.2, 0.25) is 0 Å². The molecule has 0 spiro atoms. The third-order valence-corrected chi connectivity index (χ3v) is 5.49. The number of rotatable bonds is 8. The quantitative estimate of drug-likeness (QED) is 0.257. The normalized spacial score (nSPS) is 10.9. The van der Waals surface area contributed by atoms with Crippen molar-refractivity contribution in [1.82, 2.24) is 5.43 Å². The van der Waals surface area contributed by atoms with Gasteiger partial charge in [0.1, 0.15) is 12.4 Å². The molecule has 7 heteroatoms. The Balaban J connectivity index is 1.48. The highest BCUT2D eigenvalue weighted by molar-refractivity contribution is 6.30. The molecule has 0 unspecified atom stereocenters. The molecular weight excluding hydrogens is 452 g/mol. The van der Waals surface area contributed by atoms with E-state index in [0.717, 1.165) is 16.3 Å². The average Bonchev–Trinajstić information content (AvgIpc) is 2.87. The number of nitrogens with one attached hydrogen (secondary N) is 1. The predicted molar refractivity (Wildman–Crippen MR) is 134 cm³/mol. The fourth-order valence-electron chi connectivity index (χ4n) is 3.53. The van der Waals surface area contributed by atoms with Crippen LogP contribution in [0, 0.1) is 0 Å². The Kier molecular flexibility index (Phi) is 7.30. The topological polar surface area (TPSA) is 69.2 Å². The van der Waals surface area contributed by atoms with Gasteiger partial charge in [-0.15, -0.1) is 0 Å². The number of halogens is 1. The van der Waals surface area contributed by atoms with Gasteiger partial charge in [0.15, 0.2) is 11.5 Å². The molecule has 4 rings (SSSR count). The number of hydrogen-bond donors (Lipinski definition) is 1. The molecule has 172 valence electrons. The molecule has 6 nitrogen and oxygen atoms in total. The van der Waals surface area contributed by atoms with Crippen LogP contribution in [0.3, 0.4) is 0 Å². The summed E-state index contributed by atoms with van der Waals surface area (Å²) in [6.45, 7) is 0.377.